The molecule has 0 fully saturated rings. The van der Waals surface area contributed by atoms with Gasteiger partial charge in [-0.25, -0.2) is 4.98 Å². The highest BCUT2D eigenvalue weighted by Gasteiger charge is 2.36. The number of primary amides is 1. The number of unbranched alkanes of at least 4 members (excludes halogenated alkanes) is 6. The number of nitrogens with two attached hydrogens (primary N) is 4. The predicted molar refractivity (Wildman–Crippen MR) is 263 cm³/mol. The first-order valence-corrected chi connectivity index (χ1v) is 24.9. The summed E-state index contributed by atoms with van der Waals surface area (Å²) in [7, 11) is 0. The van der Waals surface area contributed by atoms with Gasteiger partial charge >= 0.3 is 5.97 Å². The standard InChI is InChI=1S/C48H73N11O8S/c1-68-27-23-36(51)44(63)55-37(21-22-42(60)61)45(64)58-40(30-35-31-53-32-54-35)47(66)57-39(28-33-16-8-6-9-17-33)46(65)56-38(20-12-14-25-50)48(67)59(26-15-5-3-2-4-13-24-49)41(43(52)62)29-34-18-10-7-11-19-34/h6-11,16-19,31-32,36-41H,2-5,12-15,20-30,49-51H2,1H3,(H2,52,62)(H,53,54)(H,55,63)(H,56,65)(H,57,66)(H,58,64)(H,60,61)/t36-,37-,38+,39-,40-,41-/m0/s1. The lowest BCUT2D eigenvalue weighted by Crippen LogP contribution is -2.60. The number of aromatic amines is 1. The Kier molecular flexibility index (Phi) is 26.6. The first kappa shape index (κ1) is 56.5. The number of thioether (sulfide) groups is 1. The maximum Gasteiger partial charge on any atom is 0.303 e. The Morgan fingerprint density at radius 3 is 1.75 bits per heavy atom. The van der Waals surface area contributed by atoms with Crippen molar-refractivity contribution in [2.24, 2.45) is 22.9 Å². The highest BCUT2D eigenvalue weighted by molar-refractivity contribution is 7.98. The van der Waals surface area contributed by atoms with Crippen molar-refractivity contribution in [2.75, 3.05) is 31.6 Å². The SMILES string of the molecule is CSCC[C@H](N)C(=O)N[C@@H](CCC(=O)O)C(=O)N[C@@H](Cc1c[nH]cn1)C(=O)N[C@@H](Cc1ccccc1)C(=O)N[C@H](CCCCN)C(=O)N(CCCCCCCCN)[C@@H](Cc1ccccc1)C(N)=O. The van der Waals surface area contributed by atoms with Gasteiger partial charge in [0.1, 0.15) is 30.2 Å². The molecule has 0 aliphatic heterocycles. The summed E-state index contributed by atoms with van der Waals surface area (Å²) in [5.74, 6) is -4.85. The molecule has 19 nitrogen and oxygen atoms in total. The van der Waals surface area contributed by atoms with Crippen LogP contribution in [0.15, 0.2) is 73.2 Å². The van der Waals surface area contributed by atoms with Gasteiger partial charge in [-0.05, 0) is 81.2 Å². The van der Waals surface area contributed by atoms with Crippen molar-refractivity contribution in [2.45, 2.75) is 133 Å². The molecule has 68 heavy (non-hydrogen) atoms. The van der Waals surface area contributed by atoms with Gasteiger partial charge in [0, 0.05) is 38.4 Å². The first-order valence-electron chi connectivity index (χ1n) is 23.5. The molecule has 3 aromatic rings. The number of amides is 6. The minimum Gasteiger partial charge on any atom is -0.481 e. The van der Waals surface area contributed by atoms with Crippen LogP contribution in [0.2, 0.25) is 0 Å². The number of carboxylic acids is 1. The van der Waals surface area contributed by atoms with Crippen LogP contribution < -0.4 is 44.2 Å². The summed E-state index contributed by atoms with van der Waals surface area (Å²) < 4.78 is 0. The molecule has 2 aromatic carbocycles. The molecule has 0 spiro atoms. The Balaban J connectivity index is 1.99. The van der Waals surface area contributed by atoms with Gasteiger partial charge in [-0.1, -0.05) is 86.3 Å². The van der Waals surface area contributed by atoms with E-state index in [1.165, 1.54) is 29.2 Å². The Hall–Kier alpha value is -5.83. The van der Waals surface area contributed by atoms with Crippen LogP contribution in [0.3, 0.4) is 0 Å². The summed E-state index contributed by atoms with van der Waals surface area (Å²) in [5, 5.41) is 20.4. The molecular weight excluding hydrogens is 891 g/mol. The molecule has 20 heteroatoms. The molecule has 0 saturated carbocycles. The molecule has 0 aliphatic rings. The monoisotopic (exact) mass is 964 g/mol. The van der Waals surface area contributed by atoms with E-state index in [-0.39, 0.29) is 38.6 Å². The van der Waals surface area contributed by atoms with Gasteiger partial charge < -0.3 is 59.2 Å². The first-order chi connectivity index (χ1) is 32.8. The molecule has 374 valence electrons. The van der Waals surface area contributed by atoms with E-state index in [1.54, 1.807) is 30.3 Å². The van der Waals surface area contributed by atoms with Gasteiger partial charge in [0.15, 0.2) is 0 Å². The number of hydrogen-bond acceptors (Lipinski definition) is 12. The number of imidazole rings is 1. The number of aliphatic carboxylic acids is 1. The average Bonchev–Trinajstić information content (AvgIpc) is 3.85. The lowest BCUT2D eigenvalue weighted by molar-refractivity contribution is -0.143. The fraction of sp³-hybridized carbons (Fsp3) is 0.542. The number of benzene rings is 2. The summed E-state index contributed by atoms with van der Waals surface area (Å²) >= 11 is 1.48. The topological polar surface area (TPSA) is 324 Å². The lowest BCUT2D eigenvalue weighted by Gasteiger charge is -2.34. The molecule has 1 aromatic heterocycles. The zero-order chi connectivity index (χ0) is 49.7. The van der Waals surface area contributed by atoms with Crippen LogP contribution in [-0.2, 0) is 52.8 Å². The predicted octanol–water partition coefficient (Wildman–Crippen LogP) is 1.43. The van der Waals surface area contributed by atoms with Gasteiger partial charge in [0.2, 0.25) is 35.4 Å². The van der Waals surface area contributed by atoms with E-state index in [1.807, 2.05) is 36.6 Å². The molecular formula is C48H73N11O8S. The molecule has 3 rings (SSSR count). The number of nitrogens with one attached hydrogen (secondary N) is 5. The highest BCUT2D eigenvalue weighted by atomic mass is 32.2. The Bertz CT molecular complexity index is 1980. The van der Waals surface area contributed by atoms with Gasteiger partial charge in [-0.3, -0.25) is 33.6 Å². The van der Waals surface area contributed by atoms with Crippen LogP contribution in [0.1, 0.15) is 93.9 Å². The quantitative estimate of drug-likeness (QED) is 0.0374. The van der Waals surface area contributed by atoms with Crippen LogP contribution in [0, 0.1) is 0 Å². The molecule has 0 unspecified atom stereocenters. The molecule has 6 amide bonds. The van der Waals surface area contributed by atoms with E-state index in [2.05, 4.69) is 31.2 Å². The summed E-state index contributed by atoms with van der Waals surface area (Å²) in [6, 6.07) is 10.9. The molecule has 6 atom stereocenters. The summed E-state index contributed by atoms with van der Waals surface area (Å²) in [6.45, 7) is 1.15. The van der Waals surface area contributed by atoms with Crippen molar-refractivity contribution < 1.29 is 38.7 Å². The third-order valence-corrected chi connectivity index (χ3v) is 12.1. The van der Waals surface area contributed by atoms with Crippen LogP contribution in [-0.4, -0.2) is 129 Å². The molecule has 1 heterocycles. The number of carbonyl (C=O) groups is 7. The number of hydrogen-bond donors (Lipinski definition) is 10. The number of carboxylic acid groups (broad SMARTS) is 1. The van der Waals surface area contributed by atoms with Gasteiger partial charge in [-0.2, -0.15) is 11.8 Å². The fourth-order valence-electron chi connectivity index (χ4n) is 7.59. The maximum atomic E-state index is 14.9. The van der Waals surface area contributed by atoms with E-state index in [4.69, 9.17) is 22.9 Å². The van der Waals surface area contributed by atoms with Crippen molar-refractivity contribution in [3.8, 4) is 0 Å². The van der Waals surface area contributed by atoms with E-state index in [9.17, 15) is 38.7 Å². The average molecular weight is 964 g/mol. The van der Waals surface area contributed by atoms with Crippen LogP contribution in [0.25, 0.3) is 0 Å². The van der Waals surface area contributed by atoms with Crippen molar-refractivity contribution in [3.05, 3.63) is 90.0 Å². The minimum absolute atomic E-state index is 0.0256. The number of carbonyl (C=O) groups excluding carboxylic acids is 6. The van der Waals surface area contributed by atoms with Crippen LogP contribution in [0.4, 0.5) is 0 Å². The Morgan fingerprint density at radius 2 is 1.19 bits per heavy atom. The number of H-pyrrole nitrogens is 1. The van der Waals surface area contributed by atoms with E-state index >= 15 is 0 Å². The van der Waals surface area contributed by atoms with Gasteiger partial charge in [-0.15, -0.1) is 0 Å². The van der Waals surface area contributed by atoms with Crippen LogP contribution >= 0.6 is 11.8 Å². The summed E-state index contributed by atoms with van der Waals surface area (Å²) in [4.78, 5) is 104. The third-order valence-electron chi connectivity index (χ3n) is 11.4. The van der Waals surface area contributed by atoms with Crippen molar-refractivity contribution in [1.82, 2.24) is 36.1 Å². The largest absolute Gasteiger partial charge is 0.481 e. The smallest absolute Gasteiger partial charge is 0.303 e. The van der Waals surface area contributed by atoms with Crippen molar-refractivity contribution >= 4 is 53.2 Å². The number of nitrogens with zero attached hydrogens (tertiary/aromatic N) is 2. The van der Waals surface area contributed by atoms with E-state index in [0.717, 1.165) is 37.7 Å². The maximum absolute atomic E-state index is 14.9. The molecule has 0 radical (unpaired) electrons. The zero-order valence-corrected chi connectivity index (χ0v) is 40.1. The highest BCUT2D eigenvalue weighted by Crippen LogP contribution is 2.17. The zero-order valence-electron chi connectivity index (χ0n) is 39.2. The van der Waals surface area contributed by atoms with Gasteiger partial charge in [0.25, 0.3) is 0 Å². The molecule has 0 aliphatic carbocycles. The fourth-order valence-corrected chi connectivity index (χ4v) is 8.08. The molecule has 14 N–H and O–H groups in total. The Morgan fingerprint density at radius 1 is 0.662 bits per heavy atom. The summed E-state index contributed by atoms with van der Waals surface area (Å²) in [6.07, 6.45) is 10.6. The second-order valence-corrected chi connectivity index (χ2v) is 17.8. The summed E-state index contributed by atoms with van der Waals surface area (Å²) in [5.41, 5.74) is 25.5. The number of rotatable bonds is 35. The molecule has 0 bridgehead atoms. The third kappa shape index (κ3) is 21.0. The lowest BCUT2D eigenvalue weighted by atomic mass is 9.99. The van der Waals surface area contributed by atoms with E-state index in [0.29, 0.717) is 55.8 Å². The second-order valence-electron chi connectivity index (χ2n) is 16.9. The van der Waals surface area contributed by atoms with E-state index < -0.39 is 84.1 Å². The number of aromatic nitrogens is 2. The Labute approximate surface area is 403 Å². The second kappa shape index (κ2) is 32.0. The molecule has 0 saturated heterocycles. The van der Waals surface area contributed by atoms with Crippen molar-refractivity contribution in [1.29, 1.82) is 0 Å². The van der Waals surface area contributed by atoms with Crippen molar-refractivity contribution in [3.63, 3.8) is 0 Å². The van der Waals surface area contributed by atoms with Gasteiger partial charge in [0.05, 0.1) is 18.1 Å². The minimum atomic E-state index is -1.38. The normalized spacial score (nSPS) is 13.8. The van der Waals surface area contributed by atoms with Crippen LogP contribution in [0.5, 0.6) is 0 Å².